The molecule has 3 atom stereocenters. The van der Waals surface area contributed by atoms with E-state index < -0.39 is 11.5 Å². The van der Waals surface area contributed by atoms with Crippen molar-refractivity contribution in [3.8, 4) is 5.75 Å². The Balaban J connectivity index is 1.81. The molecular formula is C15H14F2N2O4. The largest absolute Gasteiger partial charge is 0.433 e. The van der Waals surface area contributed by atoms with Crippen molar-refractivity contribution in [1.82, 2.24) is 0 Å². The lowest BCUT2D eigenvalue weighted by molar-refractivity contribution is -0.384. The van der Waals surface area contributed by atoms with E-state index in [9.17, 15) is 23.7 Å². The molecule has 2 aliphatic rings. The lowest BCUT2D eigenvalue weighted by atomic mass is 9.93. The molecule has 3 unspecified atom stereocenters. The van der Waals surface area contributed by atoms with E-state index in [4.69, 9.17) is 0 Å². The normalized spacial score (nSPS) is 24.9. The van der Waals surface area contributed by atoms with Gasteiger partial charge in [-0.25, -0.2) is 0 Å². The quantitative estimate of drug-likeness (QED) is 0.511. The lowest BCUT2D eigenvalue weighted by Gasteiger charge is -2.18. The zero-order valence-electron chi connectivity index (χ0n) is 11.9. The molecule has 0 radical (unpaired) electrons. The van der Waals surface area contributed by atoms with Crippen LogP contribution in [0.15, 0.2) is 30.4 Å². The third-order valence-electron chi connectivity index (χ3n) is 4.26. The number of non-ortho nitro benzene ring substituents is 1. The van der Waals surface area contributed by atoms with Gasteiger partial charge in [0, 0.05) is 18.1 Å². The Bertz CT molecular complexity index is 677. The Morgan fingerprint density at radius 3 is 2.70 bits per heavy atom. The molecule has 0 spiro atoms. The van der Waals surface area contributed by atoms with Crippen molar-refractivity contribution in [2.45, 2.75) is 19.5 Å². The predicted molar refractivity (Wildman–Crippen MR) is 77.2 cm³/mol. The minimum Gasteiger partial charge on any atom is -0.433 e. The highest BCUT2D eigenvalue weighted by molar-refractivity contribution is 5.95. The summed E-state index contributed by atoms with van der Waals surface area (Å²) in [6, 6.07) is 3.13. The molecule has 1 amide bonds. The minimum absolute atomic E-state index is 0.115. The number of allylic oxidation sites excluding steroid dienone is 2. The third kappa shape index (κ3) is 3.15. The average Bonchev–Trinajstić information content (AvgIpc) is 3.11. The number of hydrogen-bond donors (Lipinski definition) is 1. The van der Waals surface area contributed by atoms with Crippen LogP contribution in [0.4, 0.5) is 20.2 Å². The molecule has 0 aliphatic heterocycles. The number of nitrogens with one attached hydrogen (secondary N) is 1. The Labute approximate surface area is 130 Å². The van der Waals surface area contributed by atoms with E-state index in [0.29, 0.717) is 12.3 Å². The molecule has 2 bridgehead atoms. The van der Waals surface area contributed by atoms with Crippen LogP contribution in [-0.2, 0) is 4.79 Å². The molecule has 0 aromatic heterocycles. The number of fused-ring (bicyclic) bond motifs is 2. The summed E-state index contributed by atoms with van der Waals surface area (Å²) in [5.74, 6) is -0.362. The second kappa shape index (κ2) is 5.94. The van der Waals surface area contributed by atoms with Crippen molar-refractivity contribution in [2.75, 3.05) is 5.32 Å². The zero-order valence-corrected chi connectivity index (χ0v) is 11.9. The monoisotopic (exact) mass is 324 g/mol. The van der Waals surface area contributed by atoms with E-state index >= 15 is 0 Å². The summed E-state index contributed by atoms with van der Waals surface area (Å²) in [6.45, 7) is -3.09. The standard InChI is InChI=1S/C15H14F2N2O4/c16-15(17)23-13-4-3-10(19(21)22)7-12(13)18-14(20)11-6-8-1-2-9(11)5-8/h1-4,7-9,11,15H,5-6H2,(H,18,20). The maximum Gasteiger partial charge on any atom is 0.387 e. The van der Waals surface area contributed by atoms with Crippen molar-refractivity contribution in [1.29, 1.82) is 0 Å². The second-order valence-corrected chi connectivity index (χ2v) is 5.69. The van der Waals surface area contributed by atoms with Gasteiger partial charge in [-0.3, -0.25) is 14.9 Å². The van der Waals surface area contributed by atoms with Crippen molar-refractivity contribution >= 4 is 17.3 Å². The first-order chi connectivity index (χ1) is 10.9. The van der Waals surface area contributed by atoms with Crippen molar-refractivity contribution in [3.63, 3.8) is 0 Å². The van der Waals surface area contributed by atoms with Crippen molar-refractivity contribution in [2.24, 2.45) is 17.8 Å². The van der Waals surface area contributed by atoms with Crippen LogP contribution in [0.5, 0.6) is 5.75 Å². The van der Waals surface area contributed by atoms with Gasteiger partial charge in [-0.1, -0.05) is 12.2 Å². The fourth-order valence-corrected chi connectivity index (χ4v) is 3.24. The number of benzene rings is 1. The fraction of sp³-hybridized carbons (Fsp3) is 0.400. The maximum atomic E-state index is 12.4. The SMILES string of the molecule is O=C(Nc1cc([N+](=O)[O-])ccc1OC(F)F)C1CC2C=CC1C2. The van der Waals surface area contributed by atoms with E-state index in [1.54, 1.807) is 0 Å². The number of halogens is 2. The predicted octanol–water partition coefficient (Wildman–Crippen LogP) is 3.35. The van der Waals surface area contributed by atoms with Gasteiger partial charge in [0.2, 0.25) is 5.91 Å². The van der Waals surface area contributed by atoms with Crippen LogP contribution in [-0.4, -0.2) is 17.4 Å². The van der Waals surface area contributed by atoms with E-state index in [1.165, 1.54) is 0 Å². The van der Waals surface area contributed by atoms with Crippen LogP contribution in [0.1, 0.15) is 12.8 Å². The molecule has 1 aromatic rings. The average molecular weight is 324 g/mol. The van der Waals surface area contributed by atoms with E-state index in [1.807, 2.05) is 6.08 Å². The van der Waals surface area contributed by atoms with Gasteiger partial charge in [-0.15, -0.1) is 0 Å². The summed E-state index contributed by atoms with van der Waals surface area (Å²) in [5.41, 5.74) is -0.425. The first-order valence-electron chi connectivity index (χ1n) is 7.16. The molecule has 1 aromatic carbocycles. The summed E-state index contributed by atoms with van der Waals surface area (Å²) in [4.78, 5) is 22.5. The van der Waals surface area contributed by atoms with Crippen LogP contribution in [0.3, 0.4) is 0 Å². The first-order valence-corrected chi connectivity index (χ1v) is 7.16. The zero-order chi connectivity index (χ0) is 16.6. The number of hydrogen-bond acceptors (Lipinski definition) is 4. The summed E-state index contributed by atoms with van der Waals surface area (Å²) in [6.07, 6.45) is 5.68. The molecule has 23 heavy (non-hydrogen) atoms. The molecule has 1 fully saturated rings. The number of carbonyl (C=O) groups excluding carboxylic acids is 1. The van der Waals surface area contributed by atoms with E-state index in [0.717, 1.165) is 24.6 Å². The molecule has 122 valence electrons. The Kier molecular flexibility index (Phi) is 3.97. The number of nitrogens with zero attached hydrogens (tertiary/aromatic N) is 1. The topological polar surface area (TPSA) is 81.5 Å². The first kappa shape index (κ1) is 15.4. The minimum atomic E-state index is -3.09. The van der Waals surface area contributed by atoms with Crippen molar-refractivity contribution in [3.05, 3.63) is 40.5 Å². The molecular weight excluding hydrogens is 310 g/mol. The van der Waals surface area contributed by atoms with Crippen LogP contribution in [0, 0.1) is 27.9 Å². The molecule has 3 rings (SSSR count). The van der Waals surface area contributed by atoms with Crippen LogP contribution in [0.25, 0.3) is 0 Å². The highest BCUT2D eigenvalue weighted by Gasteiger charge is 2.40. The van der Waals surface area contributed by atoms with Gasteiger partial charge in [0.1, 0.15) is 5.75 Å². The van der Waals surface area contributed by atoms with Crippen molar-refractivity contribution < 1.29 is 23.2 Å². The smallest absolute Gasteiger partial charge is 0.387 e. The Morgan fingerprint density at radius 1 is 1.35 bits per heavy atom. The Morgan fingerprint density at radius 2 is 2.13 bits per heavy atom. The number of nitro benzene ring substituents is 1. The number of alkyl halides is 2. The molecule has 1 N–H and O–H groups in total. The van der Waals surface area contributed by atoms with Gasteiger partial charge in [-0.2, -0.15) is 8.78 Å². The number of nitro groups is 1. The van der Waals surface area contributed by atoms with E-state index in [2.05, 4.69) is 16.1 Å². The lowest BCUT2D eigenvalue weighted by Crippen LogP contribution is -2.26. The highest BCUT2D eigenvalue weighted by Crippen LogP contribution is 2.44. The van der Waals surface area contributed by atoms with Crippen LogP contribution >= 0.6 is 0 Å². The molecule has 0 heterocycles. The maximum absolute atomic E-state index is 12.4. The fourth-order valence-electron chi connectivity index (χ4n) is 3.24. The van der Waals surface area contributed by atoms with Gasteiger partial charge in [0.25, 0.3) is 5.69 Å². The molecule has 0 saturated heterocycles. The summed E-state index contributed by atoms with van der Waals surface area (Å²) < 4.78 is 29.2. The van der Waals surface area contributed by atoms with Crippen LogP contribution in [0.2, 0.25) is 0 Å². The molecule has 2 aliphatic carbocycles. The van der Waals surface area contributed by atoms with Gasteiger partial charge in [0.05, 0.1) is 10.6 Å². The molecule has 8 heteroatoms. The number of carbonyl (C=O) groups is 1. The van der Waals surface area contributed by atoms with Gasteiger partial charge < -0.3 is 10.1 Å². The molecule has 1 saturated carbocycles. The number of amides is 1. The van der Waals surface area contributed by atoms with Crippen LogP contribution < -0.4 is 10.1 Å². The summed E-state index contributed by atoms with van der Waals surface area (Å²) >= 11 is 0. The van der Waals surface area contributed by atoms with E-state index in [-0.39, 0.29) is 34.9 Å². The summed E-state index contributed by atoms with van der Waals surface area (Å²) in [5, 5.41) is 13.3. The third-order valence-corrected chi connectivity index (χ3v) is 4.26. The number of anilines is 1. The highest BCUT2D eigenvalue weighted by atomic mass is 19.3. The number of rotatable bonds is 5. The summed E-state index contributed by atoms with van der Waals surface area (Å²) in [7, 11) is 0. The number of ether oxygens (including phenoxy) is 1. The molecule has 6 nitrogen and oxygen atoms in total. The Hall–Kier alpha value is -2.51. The van der Waals surface area contributed by atoms with Gasteiger partial charge >= 0.3 is 6.61 Å². The van der Waals surface area contributed by atoms with Gasteiger partial charge in [-0.05, 0) is 30.7 Å². The van der Waals surface area contributed by atoms with Gasteiger partial charge in [0.15, 0.2) is 0 Å². The second-order valence-electron chi connectivity index (χ2n) is 5.69.